The van der Waals surface area contributed by atoms with Crippen molar-refractivity contribution in [1.29, 1.82) is 0 Å². The summed E-state index contributed by atoms with van der Waals surface area (Å²) >= 11 is 0. The van der Waals surface area contributed by atoms with Crippen molar-refractivity contribution >= 4 is 12.0 Å². The SMILES string of the molecule is COCCC(NC(=O)N(C)CC(C)(C)O)C(=O)O. The van der Waals surface area contributed by atoms with E-state index in [1.807, 2.05) is 0 Å². The zero-order valence-corrected chi connectivity index (χ0v) is 11.3. The van der Waals surface area contributed by atoms with Crippen LogP contribution in [0.1, 0.15) is 20.3 Å². The molecule has 2 amide bonds. The first-order valence-corrected chi connectivity index (χ1v) is 5.63. The lowest BCUT2D eigenvalue weighted by Crippen LogP contribution is -2.50. The molecule has 0 aliphatic carbocycles. The number of rotatable bonds is 7. The average molecular weight is 262 g/mol. The van der Waals surface area contributed by atoms with E-state index >= 15 is 0 Å². The van der Waals surface area contributed by atoms with Crippen molar-refractivity contribution in [2.45, 2.75) is 31.9 Å². The van der Waals surface area contributed by atoms with E-state index in [2.05, 4.69) is 5.32 Å². The number of urea groups is 1. The minimum absolute atomic E-state index is 0.107. The maximum atomic E-state index is 11.7. The smallest absolute Gasteiger partial charge is 0.326 e. The van der Waals surface area contributed by atoms with Gasteiger partial charge in [-0.15, -0.1) is 0 Å². The van der Waals surface area contributed by atoms with Gasteiger partial charge in [-0.25, -0.2) is 9.59 Å². The third kappa shape index (κ3) is 7.08. The Balaban J connectivity index is 4.36. The van der Waals surface area contributed by atoms with Crippen LogP contribution >= 0.6 is 0 Å². The molecular formula is C11H22N2O5. The van der Waals surface area contributed by atoms with Crippen LogP contribution in [0.25, 0.3) is 0 Å². The molecule has 0 heterocycles. The number of carbonyl (C=O) groups excluding carboxylic acids is 1. The van der Waals surface area contributed by atoms with Crippen molar-refractivity contribution in [1.82, 2.24) is 10.2 Å². The molecule has 0 aliphatic heterocycles. The highest BCUT2D eigenvalue weighted by Gasteiger charge is 2.24. The number of nitrogens with one attached hydrogen (secondary N) is 1. The Morgan fingerprint density at radius 1 is 1.44 bits per heavy atom. The summed E-state index contributed by atoms with van der Waals surface area (Å²) in [5.74, 6) is -1.11. The van der Waals surface area contributed by atoms with Crippen LogP contribution in [0.15, 0.2) is 0 Å². The van der Waals surface area contributed by atoms with Crippen LogP contribution in [-0.2, 0) is 9.53 Å². The van der Waals surface area contributed by atoms with Crippen LogP contribution in [0.3, 0.4) is 0 Å². The summed E-state index contributed by atoms with van der Waals surface area (Å²) in [6.45, 7) is 3.48. The highest BCUT2D eigenvalue weighted by molar-refractivity contribution is 5.82. The first-order valence-electron chi connectivity index (χ1n) is 5.63. The Bertz CT molecular complexity index is 288. The number of aliphatic carboxylic acids is 1. The highest BCUT2D eigenvalue weighted by atomic mass is 16.5. The van der Waals surface area contributed by atoms with Crippen LogP contribution in [0.4, 0.5) is 4.79 Å². The van der Waals surface area contributed by atoms with E-state index in [0.717, 1.165) is 0 Å². The van der Waals surface area contributed by atoms with Gasteiger partial charge in [0.1, 0.15) is 6.04 Å². The zero-order valence-electron chi connectivity index (χ0n) is 11.3. The van der Waals surface area contributed by atoms with Gasteiger partial charge in [-0.1, -0.05) is 0 Å². The fourth-order valence-corrected chi connectivity index (χ4v) is 1.40. The number of aliphatic hydroxyl groups is 1. The molecule has 0 aromatic heterocycles. The van der Waals surface area contributed by atoms with Gasteiger partial charge in [-0.05, 0) is 13.8 Å². The minimum atomic E-state index is -1.11. The summed E-state index contributed by atoms with van der Waals surface area (Å²) in [4.78, 5) is 23.8. The fraction of sp³-hybridized carbons (Fsp3) is 0.818. The molecule has 1 atom stereocenters. The number of carbonyl (C=O) groups is 2. The van der Waals surface area contributed by atoms with Crippen molar-refractivity contribution in [3.8, 4) is 0 Å². The van der Waals surface area contributed by atoms with Crippen LogP contribution < -0.4 is 5.32 Å². The number of carboxylic acids is 1. The molecule has 0 aromatic carbocycles. The zero-order chi connectivity index (χ0) is 14.3. The predicted octanol–water partition coefficient (Wildman–Crippen LogP) is -0.112. The van der Waals surface area contributed by atoms with Crippen LogP contribution in [0.2, 0.25) is 0 Å². The Hall–Kier alpha value is -1.34. The molecule has 0 radical (unpaired) electrons. The Morgan fingerprint density at radius 3 is 2.39 bits per heavy atom. The molecule has 0 saturated carbocycles. The van der Waals surface area contributed by atoms with Crippen molar-refractivity contribution in [3.05, 3.63) is 0 Å². The normalized spacial score (nSPS) is 12.9. The number of nitrogens with zero attached hydrogens (tertiary/aromatic N) is 1. The average Bonchev–Trinajstić information content (AvgIpc) is 2.20. The Morgan fingerprint density at radius 2 is 2.00 bits per heavy atom. The Kier molecular flexibility index (Phi) is 6.64. The van der Waals surface area contributed by atoms with Crippen molar-refractivity contribution < 1.29 is 24.5 Å². The van der Waals surface area contributed by atoms with E-state index in [9.17, 15) is 14.7 Å². The van der Waals surface area contributed by atoms with E-state index in [-0.39, 0.29) is 19.6 Å². The van der Waals surface area contributed by atoms with Gasteiger partial charge in [0, 0.05) is 27.2 Å². The molecule has 106 valence electrons. The molecule has 1 unspecified atom stereocenters. The van der Waals surface area contributed by atoms with E-state index in [1.165, 1.54) is 19.1 Å². The predicted molar refractivity (Wildman–Crippen MR) is 65.4 cm³/mol. The minimum Gasteiger partial charge on any atom is -0.480 e. The molecule has 0 saturated heterocycles. The molecule has 0 rings (SSSR count). The molecule has 3 N–H and O–H groups in total. The number of likely N-dealkylation sites (N-methyl/N-ethyl adjacent to an activating group) is 1. The largest absolute Gasteiger partial charge is 0.480 e. The second kappa shape index (κ2) is 7.17. The molecule has 0 spiro atoms. The number of hydrogen-bond donors (Lipinski definition) is 3. The monoisotopic (exact) mass is 262 g/mol. The first-order chi connectivity index (χ1) is 8.17. The van der Waals surface area contributed by atoms with Gasteiger partial charge in [-0.2, -0.15) is 0 Å². The standard InChI is InChI=1S/C11H22N2O5/c1-11(2,17)7-13(3)10(16)12-8(9(14)15)5-6-18-4/h8,17H,5-7H2,1-4H3,(H,12,16)(H,14,15). The summed E-state index contributed by atoms with van der Waals surface area (Å²) < 4.78 is 4.78. The van der Waals surface area contributed by atoms with E-state index in [0.29, 0.717) is 0 Å². The van der Waals surface area contributed by atoms with Crippen LogP contribution in [-0.4, -0.2) is 66.1 Å². The van der Waals surface area contributed by atoms with Crippen molar-refractivity contribution in [3.63, 3.8) is 0 Å². The topological polar surface area (TPSA) is 99.1 Å². The molecule has 7 nitrogen and oxygen atoms in total. The molecule has 0 aliphatic rings. The second-order valence-electron chi connectivity index (χ2n) is 4.79. The Labute approximate surface area is 107 Å². The molecule has 0 bridgehead atoms. The fourth-order valence-electron chi connectivity index (χ4n) is 1.40. The lowest BCUT2D eigenvalue weighted by atomic mass is 10.1. The summed E-state index contributed by atoms with van der Waals surface area (Å²) in [5.41, 5.74) is -1.03. The molecule has 0 aromatic rings. The summed E-state index contributed by atoms with van der Waals surface area (Å²) in [5, 5.41) is 20.9. The van der Waals surface area contributed by atoms with Gasteiger partial charge in [-0.3, -0.25) is 0 Å². The third-order valence-corrected chi connectivity index (χ3v) is 2.18. The summed E-state index contributed by atoms with van der Waals surface area (Å²) in [6, 6.07) is -1.54. The van der Waals surface area contributed by atoms with Crippen LogP contribution in [0, 0.1) is 0 Å². The van der Waals surface area contributed by atoms with Crippen molar-refractivity contribution in [2.24, 2.45) is 0 Å². The van der Waals surface area contributed by atoms with E-state index in [4.69, 9.17) is 9.84 Å². The van der Waals surface area contributed by atoms with Crippen molar-refractivity contribution in [2.75, 3.05) is 27.3 Å². The van der Waals surface area contributed by atoms with Crippen LogP contribution in [0.5, 0.6) is 0 Å². The van der Waals surface area contributed by atoms with Gasteiger partial charge >= 0.3 is 12.0 Å². The number of amides is 2. The third-order valence-electron chi connectivity index (χ3n) is 2.18. The van der Waals surface area contributed by atoms with Gasteiger partial charge < -0.3 is 25.2 Å². The lowest BCUT2D eigenvalue weighted by Gasteiger charge is -2.27. The van der Waals surface area contributed by atoms with Gasteiger partial charge in [0.15, 0.2) is 0 Å². The maximum absolute atomic E-state index is 11.7. The van der Waals surface area contributed by atoms with Gasteiger partial charge in [0.25, 0.3) is 0 Å². The molecule has 0 fully saturated rings. The highest BCUT2D eigenvalue weighted by Crippen LogP contribution is 2.04. The lowest BCUT2D eigenvalue weighted by molar-refractivity contribution is -0.139. The first kappa shape index (κ1) is 16.7. The quantitative estimate of drug-likeness (QED) is 0.594. The van der Waals surface area contributed by atoms with E-state index < -0.39 is 23.6 Å². The number of methoxy groups -OCH3 is 1. The summed E-state index contributed by atoms with van der Waals surface area (Å²) in [7, 11) is 2.95. The molecule has 18 heavy (non-hydrogen) atoms. The van der Waals surface area contributed by atoms with E-state index in [1.54, 1.807) is 13.8 Å². The summed E-state index contributed by atoms with van der Waals surface area (Å²) in [6.07, 6.45) is 0.188. The molecule has 7 heteroatoms. The number of carboxylic acid groups (broad SMARTS) is 1. The van der Waals surface area contributed by atoms with Gasteiger partial charge in [0.05, 0.1) is 12.1 Å². The van der Waals surface area contributed by atoms with Gasteiger partial charge in [0.2, 0.25) is 0 Å². The maximum Gasteiger partial charge on any atom is 0.326 e. The second-order valence-corrected chi connectivity index (χ2v) is 4.79. The molecular weight excluding hydrogens is 240 g/mol. The number of hydrogen-bond acceptors (Lipinski definition) is 4. The number of ether oxygens (including phenoxy) is 1.